The van der Waals surface area contributed by atoms with E-state index >= 15 is 0 Å². The van der Waals surface area contributed by atoms with Gasteiger partial charge in [0.1, 0.15) is 11.5 Å². The number of halogens is 1. The van der Waals surface area contributed by atoms with Crippen LogP contribution >= 0.6 is 0 Å². The highest BCUT2D eigenvalue weighted by Gasteiger charge is 2.27. The van der Waals surface area contributed by atoms with Gasteiger partial charge in [-0.15, -0.1) is 0 Å². The second kappa shape index (κ2) is 7.59. The number of nitro groups is 1. The molecule has 0 radical (unpaired) electrons. The molecular formula is C17H19FN4O4S. The molecule has 3 rings (SSSR count). The summed E-state index contributed by atoms with van der Waals surface area (Å²) in [6, 6.07) is 9.15. The Kier molecular flexibility index (Phi) is 5.40. The van der Waals surface area contributed by atoms with Crippen molar-refractivity contribution in [3.05, 3.63) is 58.4 Å². The number of sulfonamides is 1. The van der Waals surface area contributed by atoms with Gasteiger partial charge in [-0.25, -0.2) is 12.8 Å². The molecule has 27 heavy (non-hydrogen) atoms. The Morgan fingerprint density at radius 3 is 2.30 bits per heavy atom. The Labute approximate surface area is 156 Å². The van der Waals surface area contributed by atoms with Crippen LogP contribution in [-0.4, -0.2) is 55.8 Å². The van der Waals surface area contributed by atoms with Gasteiger partial charge in [0.15, 0.2) is 0 Å². The van der Waals surface area contributed by atoms with Gasteiger partial charge in [0.2, 0.25) is 10.0 Å². The van der Waals surface area contributed by atoms with Crippen LogP contribution in [0.25, 0.3) is 0 Å². The van der Waals surface area contributed by atoms with Crippen LogP contribution in [-0.2, 0) is 10.0 Å². The summed E-state index contributed by atoms with van der Waals surface area (Å²) in [5.41, 5.74) is 0.183. The molecule has 1 N–H and O–H groups in total. The summed E-state index contributed by atoms with van der Waals surface area (Å²) >= 11 is 0. The first-order chi connectivity index (χ1) is 12.8. The van der Waals surface area contributed by atoms with Crippen molar-refractivity contribution in [1.82, 2.24) is 9.21 Å². The van der Waals surface area contributed by atoms with Crippen molar-refractivity contribution in [2.75, 3.05) is 38.5 Å². The first-order valence-corrected chi connectivity index (χ1v) is 9.71. The third-order valence-electron chi connectivity index (χ3n) is 4.39. The lowest BCUT2D eigenvalue weighted by atomic mass is 10.2. The van der Waals surface area contributed by atoms with Crippen molar-refractivity contribution in [1.29, 1.82) is 0 Å². The van der Waals surface area contributed by atoms with E-state index in [1.54, 1.807) is 0 Å². The Morgan fingerprint density at radius 1 is 1.07 bits per heavy atom. The minimum absolute atomic E-state index is 0.121. The zero-order valence-electron chi connectivity index (χ0n) is 14.6. The van der Waals surface area contributed by atoms with E-state index in [2.05, 4.69) is 10.2 Å². The van der Waals surface area contributed by atoms with Crippen molar-refractivity contribution in [2.24, 2.45) is 0 Å². The molecule has 0 bridgehead atoms. The number of likely N-dealkylation sites (N-methyl/N-ethyl adjacent to an activating group) is 1. The van der Waals surface area contributed by atoms with Crippen LogP contribution in [0, 0.1) is 15.9 Å². The summed E-state index contributed by atoms with van der Waals surface area (Å²) in [7, 11) is -1.64. The summed E-state index contributed by atoms with van der Waals surface area (Å²) < 4.78 is 40.1. The Balaban J connectivity index is 1.79. The van der Waals surface area contributed by atoms with Gasteiger partial charge in [-0.3, -0.25) is 10.1 Å². The highest BCUT2D eigenvalue weighted by Crippen LogP contribution is 2.29. The second-order valence-electron chi connectivity index (χ2n) is 6.28. The molecule has 0 unspecified atom stereocenters. The topological polar surface area (TPSA) is 95.8 Å². The number of hydrogen-bond acceptors (Lipinski definition) is 6. The van der Waals surface area contributed by atoms with E-state index in [4.69, 9.17) is 0 Å². The summed E-state index contributed by atoms with van der Waals surface area (Å²) in [6.07, 6.45) is 0. The molecule has 0 amide bonds. The molecule has 0 atom stereocenters. The van der Waals surface area contributed by atoms with E-state index in [0.29, 0.717) is 31.9 Å². The van der Waals surface area contributed by atoms with Gasteiger partial charge >= 0.3 is 0 Å². The number of nitro benzene ring substituents is 1. The molecule has 1 heterocycles. The first-order valence-electron chi connectivity index (χ1n) is 8.27. The fraction of sp³-hybridized carbons (Fsp3) is 0.294. The van der Waals surface area contributed by atoms with Crippen LogP contribution in [0.15, 0.2) is 47.4 Å². The zero-order chi connectivity index (χ0) is 19.6. The molecule has 144 valence electrons. The maximum absolute atomic E-state index is 13.2. The average Bonchev–Trinajstić information content (AvgIpc) is 2.64. The monoisotopic (exact) mass is 394 g/mol. The number of rotatable bonds is 5. The standard InChI is InChI=1S/C17H19FN4O4S/c1-20-8-10-21(11-9-20)27(25,26)15-5-3-14(4-6-15)19-16-7-2-13(18)12-17(16)22(23)24/h2-7,12,19H,8-11H2,1H3. The Hall–Kier alpha value is -2.56. The lowest BCUT2D eigenvalue weighted by Crippen LogP contribution is -2.46. The molecule has 0 aliphatic carbocycles. The van der Waals surface area contributed by atoms with Crippen LogP contribution in [0.3, 0.4) is 0 Å². The predicted octanol–water partition coefficient (Wildman–Crippen LogP) is 2.41. The molecule has 1 aliphatic rings. The molecule has 10 heteroatoms. The molecule has 0 spiro atoms. The number of anilines is 2. The largest absolute Gasteiger partial charge is 0.350 e. The van der Waals surface area contributed by atoms with Gasteiger partial charge < -0.3 is 10.2 Å². The normalized spacial score (nSPS) is 16.2. The quantitative estimate of drug-likeness (QED) is 0.618. The van der Waals surface area contributed by atoms with E-state index in [1.165, 1.54) is 34.6 Å². The van der Waals surface area contributed by atoms with Crippen LogP contribution < -0.4 is 5.32 Å². The highest BCUT2D eigenvalue weighted by molar-refractivity contribution is 7.89. The summed E-state index contributed by atoms with van der Waals surface area (Å²) in [6.45, 7) is 2.21. The van der Waals surface area contributed by atoms with Gasteiger partial charge in [0.05, 0.1) is 15.9 Å². The third kappa shape index (κ3) is 4.24. The molecule has 0 aromatic heterocycles. The van der Waals surface area contributed by atoms with Crippen LogP contribution in [0.1, 0.15) is 0 Å². The number of hydrogen-bond donors (Lipinski definition) is 1. The number of benzene rings is 2. The van der Waals surface area contributed by atoms with E-state index in [0.717, 1.165) is 12.1 Å². The van der Waals surface area contributed by atoms with E-state index < -0.39 is 26.5 Å². The predicted molar refractivity (Wildman–Crippen MR) is 99.0 cm³/mol. The molecular weight excluding hydrogens is 375 g/mol. The SMILES string of the molecule is CN1CCN(S(=O)(=O)c2ccc(Nc3ccc(F)cc3[N+](=O)[O-])cc2)CC1. The Bertz CT molecular complexity index is 942. The maximum atomic E-state index is 13.2. The van der Waals surface area contributed by atoms with Gasteiger partial charge in [-0.2, -0.15) is 4.31 Å². The van der Waals surface area contributed by atoms with Crippen molar-refractivity contribution < 1.29 is 17.7 Å². The second-order valence-corrected chi connectivity index (χ2v) is 8.21. The molecule has 1 aliphatic heterocycles. The maximum Gasteiger partial charge on any atom is 0.295 e. The minimum atomic E-state index is -3.58. The van der Waals surface area contributed by atoms with Crippen molar-refractivity contribution in [3.8, 4) is 0 Å². The Morgan fingerprint density at radius 2 is 1.70 bits per heavy atom. The molecule has 2 aromatic carbocycles. The fourth-order valence-electron chi connectivity index (χ4n) is 2.80. The molecule has 1 saturated heterocycles. The molecule has 1 fully saturated rings. The van der Waals surface area contributed by atoms with Gasteiger partial charge in [-0.1, -0.05) is 0 Å². The zero-order valence-corrected chi connectivity index (χ0v) is 15.4. The number of nitrogens with zero attached hydrogens (tertiary/aromatic N) is 3. The van der Waals surface area contributed by atoms with Crippen molar-refractivity contribution in [2.45, 2.75) is 4.90 Å². The van der Waals surface area contributed by atoms with Gasteiger partial charge in [-0.05, 0) is 43.4 Å². The van der Waals surface area contributed by atoms with E-state index in [-0.39, 0.29) is 10.6 Å². The van der Waals surface area contributed by atoms with Crippen LogP contribution in [0.2, 0.25) is 0 Å². The third-order valence-corrected chi connectivity index (χ3v) is 6.30. The summed E-state index contributed by atoms with van der Waals surface area (Å²) in [5, 5.41) is 13.9. The minimum Gasteiger partial charge on any atom is -0.350 e. The fourth-order valence-corrected chi connectivity index (χ4v) is 4.23. The van der Waals surface area contributed by atoms with E-state index in [1.807, 2.05) is 7.05 Å². The lowest BCUT2D eigenvalue weighted by molar-refractivity contribution is -0.384. The number of piperazine rings is 1. The summed E-state index contributed by atoms with van der Waals surface area (Å²) in [4.78, 5) is 12.6. The van der Waals surface area contributed by atoms with E-state index in [9.17, 15) is 22.9 Å². The van der Waals surface area contributed by atoms with Crippen molar-refractivity contribution >= 4 is 27.1 Å². The first kappa shape index (κ1) is 19.2. The molecule has 2 aromatic rings. The molecule has 0 saturated carbocycles. The van der Waals surface area contributed by atoms with Crippen molar-refractivity contribution in [3.63, 3.8) is 0 Å². The highest BCUT2D eigenvalue weighted by atomic mass is 32.2. The van der Waals surface area contributed by atoms with Crippen LogP contribution in [0.5, 0.6) is 0 Å². The lowest BCUT2D eigenvalue weighted by Gasteiger charge is -2.31. The molecule has 8 nitrogen and oxygen atoms in total. The van der Waals surface area contributed by atoms with Crippen LogP contribution in [0.4, 0.5) is 21.5 Å². The average molecular weight is 394 g/mol. The summed E-state index contributed by atoms with van der Waals surface area (Å²) in [5.74, 6) is -0.708. The smallest absolute Gasteiger partial charge is 0.295 e. The van der Waals surface area contributed by atoms with Gasteiger partial charge in [0.25, 0.3) is 5.69 Å². The number of nitrogens with one attached hydrogen (secondary N) is 1. The van der Waals surface area contributed by atoms with Gasteiger partial charge in [0, 0.05) is 31.9 Å².